The third kappa shape index (κ3) is 13.1. The average Bonchev–Trinajstić information content (AvgIpc) is 2.63. The Morgan fingerprint density at radius 3 is 1.81 bits per heavy atom. The van der Waals surface area contributed by atoms with Crippen LogP contribution in [0.3, 0.4) is 0 Å². The molecule has 3 radical (unpaired) electrons. The van der Waals surface area contributed by atoms with E-state index in [1.807, 2.05) is 6.07 Å². The van der Waals surface area contributed by atoms with Gasteiger partial charge < -0.3 is 5.11 Å². The molecule has 0 heterocycles. The molecule has 150 valence electrons. The Morgan fingerprint density at radius 1 is 1.15 bits per heavy atom. The van der Waals surface area contributed by atoms with E-state index in [1.165, 1.54) is 21.0 Å². The number of phenolic OH excluding ortho intramolecular Hbond substituents is 1. The molecule has 1 aromatic carbocycles. The van der Waals surface area contributed by atoms with Crippen LogP contribution in [0.5, 0.6) is 5.75 Å². The fourth-order valence-electron chi connectivity index (χ4n) is 1.96. The van der Waals surface area contributed by atoms with Crippen molar-refractivity contribution in [3.8, 4) is 5.75 Å². The topological polar surface area (TPSA) is 20.2 Å². The molecule has 6 heteroatoms. The summed E-state index contributed by atoms with van der Waals surface area (Å²) in [4.78, 5) is 0. The molecule has 1 aromatic rings. The Hall–Kier alpha value is 0.171. The number of halogens is 3. The van der Waals surface area contributed by atoms with Gasteiger partial charge in [-0.1, -0.05) is 52.1 Å². The van der Waals surface area contributed by atoms with Gasteiger partial charge in [0.05, 0.1) is 0 Å². The Balaban J connectivity index is -0.000000343. The van der Waals surface area contributed by atoms with E-state index in [9.17, 15) is 5.11 Å². The standard InChI is InChI=1S/C10H13ClO.C8H10Si.C3H6.2ClH.Ti/c1-10(2,3)7-4-8(11)6-9(12)5-7;1-5-4-8(9)7(3)6(5)2;1-3-2;;;/h4-6,12H,1-3H3;5H,1-3H3;1-2H3;2*1H;/q;-1;;;;+1. The minimum absolute atomic E-state index is 0. The summed E-state index contributed by atoms with van der Waals surface area (Å²) in [7, 11) is 3.48. The van der Waals surface area contributed by atoms with Crippen molar-refractivity contribution in [2.45, 2.75) is 60.8 Å². The third-order valence-corrected chi connectivity index (χ3v) is 4.46. The van der Waals surface area contributed by atoms with E-state index in [0.717, 1.165) is 10.8 Å². The molecule has 0 amide bonds. The maximum Gasteiger partial charge on any atom is -0.147 e. The van der Waals surface area contributed by atoms with Gasteiger partial charge in [0.25, 0.3) is 0 Å². The first kappa shape index (κ1) is 31.9. The zero-order chi connectivity index (χ0) is 19.9. The van der Waals surface area contributed by atoms with Crippen LogP contribution in [0.1, 0.15) is 61.0 Å². The largest absolute Gasteiger partial charge is 0.147 e. The van der Waals surface area contributed by atoms with Crippen LogP contribution in [0.25, 0.3) is 0 Å². The van der Waals surface area contributed by atoms with Crippen LogP contribution in [0, 0.1) is 12.0 Å². The molecule has 0 spiro atoms. The molecule has 1 unspecified atom stereocenters. The maximum atomic E-state index is 9.27. The van der Waals surface area contributed by atoms with E-state index < -0.39 is 0 Å². The van der Waals surface area contributed by atoms with Gasteiger partial charge in [-0.15, -0.1) is 31.7 Å². The molecule has 0 aromatic heterocycles. The van der Waals surface area contributed by atoms with Crippen molar-refractivity contribution >= 4 is 50.5 Å². The summed E-state index contributed by atoms with van der Waals surface area (Å²) >= 11 is 7.88. The van der Waals surface area contributed by atoms with Crippen molar-refractivity contribution in [2.75, 3.05) is 0 Å². The zero-order valence-electron chi connectivity index (χ0n) is 17.5. The van der Waals surface area contributed by atoms with Gasteiger partial charge in [0, 0.05) is 15.3 Å². The Morgan fingerprint density at radius 2 is 1.59 bits per heavy atom. The predicted octanol–water partition coefficient (Wildman–Crippen LogP) is 6.76. The second kappa shape index (κ2) is 14.2. The van der Waals surface area contributed by atoms with Crippen LogP contribution in [-0.4, -0.2) is 19.2 Å². The number of aromatic hydroxyl groups is 1. The fraction of sp³-hybridized carbons (Fsp3) is 0.476. The molecule has 1 N–H and O–H groups in total. The average molecular weight is 482 g/mol. The molecule has 1 nitrogen and oxygen atoms in total. The molecule has 1 atom stereocenters. The quantitative estimate of drug-likeness (QED) is 0.321. The van der Waals surface area contributed by atoms with Crippen LogP contribution < -0.4 is 0 Å². The first-order valence-electron chi connectivity index (χ1n) is 8.30. The van der Waals surface area contributed by atoms with Crippen molar-refractivity contribution < 1.29 is 25.1 Å². The van der Waals surface area contributed by atoms with E-state index in [0.29, 0.717) is 10.9 Å². The summed E-state index contributed by atoms with van der Waals surface area (Å²) in [5, 5.41) is 11.0. The summed E-state index contributed by atoms with van der Waals surface area (Å²) in [6.07, 6.45) is 3.27. The van der Waals surface area contributed by atoms with Crippen molar-refractivity contribution in [3.05, 3.63) is 51.2 Å². The molecular weight excluding hydrogens is 451 g/mol. The van der Waals surface area contributed by atoms with Crippen molar-refractivity contribution in [1.29, 1.82) is 0 Å². The molecule has 0 saturated carbocycles. The Bertz CT molecular complexity index is 652. The summed E-state index contributed by atoms with van der Waals surface area (Å²) in [5.74, 6) is 0.741. The van der Waals surface area contributed by atoms with E-state index in [-0.39, 0.29) is 36.0 Å². The predicted molar refractivity (Wildman–Crippen MR) is 123 cm³/mol. The molecule has 1 aliphatic carbocycles. The molecule has 0 fully saturated rings. The molecule has 0 aliphatic heterocycles. The van der Waals surface area contributed by atoms with Gasteiger partial charge in [-0.25, -0.2) is 10.8 Å². The number of benzene rings is 1. The van der Waals surface area contributed by atoms with E-state index in [4.69, 9.17) is 11.6 Å². The second-order valence-electron chi connectivity index (χ2n) is 7.50. The minimum Gasteiger partial charge on any atom is -0.147 e. The maximum absolute atomic E-state index is 9.27. The van der Waals surface area contributed by atoms with Crippen LogP contribution in [0.4, 0.5) is 0 Å². The first-order valence-corrected chi connectivity index (χ1v) is 9.96. The van der Waals surface area contributed by atoms with Gasteiger partial charge in [0.2, 0.25) is 0 Å². The van der Waals surface area contributed by atoms with Gasteiger partial charge >= 0.3 is 37.6 Å². The summed E-state index contributed by atoms with van der Waals surface area (Å²) < 4.78 is 1.42. The monoisotopic (exact) mass is 480 g/mol. The third-order valence-electron chi connectivity index (χ3n) is 3.73. The number of phenols is 1. The summed E-state index contributed by atoms with van der Waals surface area (Å²) in [6.45, 7) is 16.8. The van der Waals surface area contributed by atoms with E-state index >= 15 is 0 Å². The Kier molecular flexibility index (Phi) is 16.8. The van der Waals surface area contributed by atoms with Crippen LogP contribution in [0.2, 0.25) is 5.02 Å². The van der Waals surface area contributed by atoms with Crippen molar-refractivity contribution in [1.82, 2.24) is 0 Å². The molecule has 2 rings (SSSR count). The minimum atomic E-state index is 0. The summed E-state index contributed by atoms with van der Waals surface area (Å²) in [6, 6.07) is 5.16. The Labute approximate surface area is 198 Å². The molecule has 1 aliphatic rings. The number of hydrogen-bond acceptors (Lipinski definition) is 1. The molecule has 0 bridgehead atoms. The number of rotatable bonds is 0. The zero-order valence-corrected chi connectivity index (χ0v) is 22.4. The van der Waals surface area contributed by atoms with Gasteiger partial charge in [0.1, 0.15) is 5.75 Å². The van der Waals surface area contributed by atoms with Gasteiger partial charge in [0.15, 0.2) is 0 Å². The van der Waals surface area contributed by atoms with Gasteiger partial charge in [-0.2, -0.15) is 5.57 Å². The normalized spacial score (nSPS) is 15.3. The fourth-order valence-corrected chi connectivity index (χ4v) is 2.61. The molecule has 27 heavy (non-hydrogen) atoms. The van der Waals surface area contributed by atoms with Crippen molar-refractivity contribution in [3.63, 3.8) is 0 Å². The summed E-state index contributed by atoms with van der Waals surface area (Å²) in [5.41, 5.74) is 3.86. The molecule has 0 saturated heterocycles. The number of hydrogen-bond donors (Lipinski definition) is 1. The van der Waals surface area contributed by atoms with E-state index in [1.54, 1.807) is 6.07 Å². The van der Waals surface area contributed by atoms with Crippen LogP contribution in [0.15, 0.2) is 34.5 Å². The smallest absolute Gasteiger partial charge is 0.147 e. The number of allylic oxidation sites excluding steroid dienone is 4. The van der Waals surface area contributed by atoms with Gasteiger partial charge in [-0.3, -0.25) is 6.08 Å². The van der Waals surface area contributed by atoms with Crippen LogP contribution >= 0.6 is 36.4 Å². The SMILES string of the molecule is CC(C)(C)c1cc(O)cc(Cl)c1.CC1=C(C)C(C)[C-]=C1[Si].C[C](C)=[Ti+].Cl.Cl. The first-order chi connectivity index (χ1) is 11.3. The second-order valence-corrected chi connectivity index (χ2v) is 10.00. The molecular formula is C21H31Cl3OSiTi. The van der Waals surface area contributed by atoms with E-state index in [2.05, 4.69) is 91.7 Å². The van der Waals surface area contributed by atoms with Gasteiger partial charge in [-0.05, 0) is 29.2 Å². The van der Waals surface area contributed by atoms with Crippen molar-refractivity contribution in [2.24, 2.45) is 5.92 Å². The van der Waals surface area contributed by atoms with Crippen LogP contribution in [-0.2, 0) is 25.4 Å².